The summed E-state index contributed by atoms with van der Waals surface area (Å²) in [7, 11) is 0. The van der Waals surface area contributed by atoms with Crippen molar-refractivity contribution in [1.82, 2.24) is 10.4 Å². The molecule has 2 rings (SSSR count). The Morgan fingerprint density at radius 1 is 1.00 bits per heavy atom. The maximum Gasteiger partial charge on any atom is 0.407 e. The lowest BCUT2D eigenvalue weighted by Gasteiger charge is -2.55. The van der Waals surface area contributed by atoms with E-state index in [4.69, 9.17) is 9.57 Å². The third-order valence-corrected chi connectivity index (χ3v) is 5.12. The largest absolute Gasteiger partial charge is 0.444 e. The highest BCUT2D eigenvalue weighted by Crippen LogP contribution is 2.40. The lowest BCUT2D eigenvalue weighted by atomic mass is 9.79. The van der Waals surface area contributed by atoms with E-state index >= 15 is 0 Å². The fraction of sp³-hybridized carbons (Fsp3) is 0.950. The van der Waals surface area contributed by atoms with E-state index in [1.807, 2.05) is 20.8 Å². The van der Waals surface area contributed by atoms with Crippen LogP contribution in [0.25, 0.3) is 0 Å². The van der Waals surface area contributed by atoms with Gasteiger partial charge in [0.25, 0.3) is 0 Å². The second kappa shape index (κ2) is 7.43. The summed E-state index contributed by atoms with van der Waals surface area (Å²) in [6.07, 6.45) is 7.88. The summed E-state index contributed by atoms with van der Waals surface area (Å²) in [5.41, 5.74) is -0.752. The van der Waals surface area contributed by atoms with Gasteiger partial charge in [0.05, 0.1) is 6.10 Å². The average molecular weight is 355 g/mol. The number of nitrogens with zero attached hydrogens (tertiary/aromatic N) is 1. The van der Waals surface area contributed by atoms with Crippen molar-refractivity contribution in [3.63, 3.8) is 0 Å². The van der Waals surface area contributed by atoms with E-state index < -0.39 is 5.60 Å². The molecule has 1 saturated heterocycles. The molecule has 0 spiro atoms. The van der Waals surface area contributed by atoms with E-state index in [0.29, 0.717) is 6.10 Å². The number of rotatable bonds is 3. The highest BCUT2D eigenvalue weighted by atomic mass is 16.7. The van der Waals surface area contributed by atoms with Gasteiger partial charge in [-0.1, -0.05) is 19.3 Å². The van der Waals surface area contributed by atoms with Crippen LogP contribution in [0.15, 0.2) is 0 Å². The first-order chi connectivity index (χ1) is 11.4. The molecule has 0 aromatic rings. The Hall–Kier alpha value is -0.810. The van der Waals surface area contributed by atoms with E-state index in [9.17, 15) is 4.79 Å². The van der Waals surface area contributed by atoms with Crippen LogP contribution in [-0.2, 0) is 9.57 Å². The molecule has 1 aliphatic heterocycles. The van der Waals surface area contributed by atoms with Crippen LogP contribution in [0, 0.1) is 0 Å². The Bertz CT molecular complexity index is 444. The van der Waals surface area contributed by atoms with Gasteiger partial charge in [-0.05, 0) is 74.1 Å². The summed E-state index contributed by atoms with van der Waals surface area (Å²) in [6, 6.07) is 0.0889. The van der Waals surface area contributed by atoms with Gasteiger partial charge in [-0.15, -0.1) is 0 Å². The predicted octanol–water partition coefficient (Wildman–Crippen LogP) is 4.80. The minimum Gasteiger partial charge on any atom is -0.444 e. The molecule has 2 fully saturated rings. The zero-order chi connectivity index (χ0) is 18.9. The van der Waals surface area contributed by atoms with Gasteiger partial charge in [-0.2, -0.15) is 5.06 Å². The summed E-state index contributed by atoms with van der Waals surface area (Å²) in [4.78, 5) is 18.7. The molecule has 0 radical (unpaired) electrons. The van der Waals surface area contributed by atoms with Gasteiger partial charge in [0, 0.05) is 17.1 Å². The minimum atomic E-state index is -0.472. The van der Waals surface area contributed by atoms with E-state index in [0.717, 1.165) is 25.7 Å². The number of ether oxygens (including phenoxy) is 1. The second-order valence-corrected chi connectivity index (χ2v) is 10.0. The van der Waals surface area contributed by atoms with Crippen molar-refractivity contribution in [3.8, 4) is 0 Å². The smallest absolute Gasteiger partial charge is 0.407 e. The minimum absolute atomic E-state index is 0.0889. The zero-order valence-corrected chi connectivity index (χ0v) is 17.3. The Labute approximate surface area is 153 Å². The van der Waals surface area contributed by atoms with Gasteiger partial charge in [-0.25, -0.2) is 4.79 Å². The monoisotopic (exact) mass is 354 g/mol. The normalized spacial score (nSPS) is 25.6. The number of nitrogens with one attached hydrogen (secondary N) is 1. The molecule has 0 aromatic carbocycles. The summed E-state index contributed by atoms with van der Waals surface area (Å²) in [6.45, 7) is 14.5. The quantitative estimate of drug-likeness (QED) is 0.791. The van der Waals surface area contributed by atoms with E-state index in [-0.39, 0.29) is 23.2 Å². The Morgan fingerprint density at radius 3 is 2.00 bits per heavy atom. The number of carbonyl (C=O) groups excluding carboxylic acids is 1. The number of hydrogen-bond donors (Lipinski definition) is 1. The van der Waals surface area contributed by atoms with Gasteiger partial charge >= 0.3 is 6.09 Å². The molecule has 1 amide bonds. The molecule has 0 unspecified atom stereocenters. The first-order valence-corrected chi connectivity index (χ1v) is 9.86. The lowest BCUT2D eigenvalue weighted by Crippen LogP contribution is -2.64. The molecule has 1 saturated carbocycles. The molecule has 1 N–H and O–H groups in total. The lowest BCUT2D eigenvalue weighted by molar-refractivity contribution is -0.310. The van der Waals surface area contributed by atoms with Crippen LogP contribution in [0.5, 0.6) is 0 Å². The van der Waals surface area contributed by atoms with Gasteiger partial charge < -0.3 is 10.1 Å². The van der Waals surface area contributed by atoms with Crippen molar-refractivity contribution in [2.24, 2.45) is 0 Å². The number of alkyl carbamates (subject to hydrolysis) is 1. The van der Waals surface area contributed by atoms with Gasteiger partial charge in [0.15, 0.2) is 0 Å². The van der Waals surface area contributed by atoms with Crippen molar-refractivity contribution >= 4 is 6.09 Å². The van der Waals surface area contributed by atoms with Gasteiger partial charge in [0.2, 0.25) is 0 Å². The third-order valence-electron chi connectivity index (χ3n) is 5.12. The molecular weight excluding hydrogens is 316 g/mol. The van der Waals surface area contributed by atoms with E-state index in [1.165, 1.54) is 19.3 Å². The van der Waals surface area contributed by atoms with E-state index in [2.05, 4.69) is 38.1 Å². The highest BCUT2D eigenvalue weighted by molar-refractivity contribution is 5.68. The maximum absolute atomic E-state index is 12.2. The standard InChI is InChI=1S/C20H38N2O3/c1-18(2,3)24-17(23)21-15-13-19(4,5)22(20(6,7)14-15)25-16-11-9-8-10-12-16/h15-16H,8-14H2,1-7H3,(H,21,23). The predicted molar refractivity (Wildman–Crippen MR) is 100 cm³/mol. The summed E-state index contributed by atoms with van der Waals surface area (Å²) in [5, 5.41) is 5.28. The van der Waals surface area contributed by atoms with Crippen LogP contribution in [-0.4, -0.2) is 40.0 Å². The molecule has 2 aliphatic rings. The molecule has 5 heteroatoms. The molecule has 0 aromatic heterocycles. The third kappa shape index (κ3) is 5.85. The number of piperidine rings is 1. The SMILES string of the molecule is CC(C)(C)OC(=O)NC1CC(C)(C)N(OC2CCCCC2)C(C)(C)C1. The van der Waals surface area contributed by atoms with Crippen molar-refractivity contribution in [3.05, 3.63) is 0 Å². The average Bonchev–Trinajstić information content (AvgIpc) is 2.41. The number of hydrogen-bond acceptors (Lipinski definition) is 4. The molecule has 25 heavy (non-hydrogen) atoms. The summed E-state index contributed by atoms with van der Waals surface area (Å²) >= 11 is 0. The van der Waals surface area contributed by atoms with Crippen LogP contribution in [0.4, 0.5) is 4.79 Å². The first-order valence-electron chi connectivity index (χ1n) is 9.86. The van der Waals surface area contributed by atoms with Crippen LogP contribution in [0.3, 0.4) is 0 Å². The highest BCUT2D eigenvalue weighted by Gasteiger charge is 2.48. The fourth-order valence-electron chi connectivity index (χ4n) is 4.44. The van der Waals surface area contributed by atoms with Crippen molar-refractivity contribution in [2.75, 3.05) is 0 Å². The molecule has 0 atom stereocenters. The molecule has 1 heterocycles. The van der Waals surface area contributed by atoms with Gasteiger partial charge in [0.1, 0.15) is 5.60 Å². The van der Waals surface area contributed by atoms with Crippen LogP contribution in [0.1, 0.15) is 93.4 Å². The summed E-state index contributed by atoms with van der Waals surface area (Å²) in [5.74, 6) is 0. The maximum atomic E-state index is 12.2. The van der Waals surface area contributed by atoms with Gasteiger partial charge in [-0.3, -0.25) is 4.84 Å². The van der Waals surface area contributed by atoms with E-state index in [1.54, 1.807) is 0 Å². The van der Waals surface area contributed by atoms with Crippen molar-refractivity contribution < 1.29 is 14.4 Å². The molecular formula is C20H38N2O3. The fourth-order valence-corrected chi connectivity index (χ4v) is 4.44. The molecule has 1 aliphatic carbocycles. The Morgan fingerprint density at radius 2 is 1.52 bits per heavy atom. The number of amides is 1. The first kappa shape index (κ1) is 20.5. The van der Waals surface area contributed by atoms with Crippen LogP contribution < -0.4 is 5.32 Å². The molecule has 0 bridgehead atoms. The van der Waals surface area contributed by atoms with Crippen LogP contribution in [0.2, 0.25) is 0 Å². The summed E-state index contributed by atoms with van der Waals surface area (Å²) < 4.78 is 5.43. The number of hydroxylamine groups is 2. The second-order valence-electron chi connectivity index (χ2n) is 10.0. The topological polar surface area (TPSA) is 50.8 Å². The molecule has 146 valence electrons. The Balaban J connectivity index is 2.01. The van der Waals surface area contributed by atoms with Crippen molar-refractivity contribution in [2.45, 2.75) is 122 Å². The van der Waals surface area contributed by atoms with Crippen molar-refractivity contribution in [1.29, 1.82) is 0 Å². The number of carbonyl (C=O) groups is 1. The molecule has 5 nitrogen and oxygen atoms in total. The zero-order valence-electron chi connectivity index (χ0n) is 17.3. The van der Waals surface area contributed by atoms with Crippen LogP contribution >= 0.6 is 0 Å². The Kier molecular flexibility index (Phi) is 6.10.